The van der Waals surface area contributed by atoms with Crippen LogP contribution in [-0.2, 0) is 23.1 Å². The van der Waals surface area contributed by atoms with Gasteiger partial charge in [-0.3, -0.25) is 23.7 Å². The molecule has 0 spiro atoms. The van der Waals surface area contributed by atoms with Crippen molar-refractivity contribution in [1.82, 2.24) is 24.9 Å². The van der Waals surface area contributed by atoms with E-state index in [4.69, 9.17) is 13.8 Å². The molecule has 1 aliphatic rings. The lowest BCUT2D eigenvalue weighted by atomic mass is 9.98. The van der Waals surface area contributed by atoms with Gasteiger partial charge in [0, 0.05) is 52.0 Å². The molecule has 1 saturated heterocycles. The summed E-state index contributed by atoms with van der Waals surface area (Å²) in [5.41, 5.74) is -4.00. The predicted molar refractivity (Wildman–Crippen MR) is 207 cm³/mol. The fourth-order valence-corrected chi connectivity index (χ4v) is 6.16. The van der Waals surface area contributed by atoms with Crippen molar-refractivity contribution in [1.29, 1.82) is 0 Å². The van der Waals surface area contributed by atoms with Gasteiger partial charge in [0.2, 0.25) is 5.91 Å². The number of H-pyrrole nitrogens is 1. The number of carbonyl (C=O) groups excluding carboxylic acids is 1. The molecule has 296 valence electrons. The van der Waals surface area contributed by atoms with Crippen LogP contribution < -0.4 is 21.7 Å². The second kappa shape index (κ2) is 25.5. The summed E-state index contributed by atoms with van der Waals surface area (Å²) in [6.45, 7) is 4.31. The Hall–Kier alpha value is -3.49. The second-order valence-electron chi connectivity index (χ2n) is 12.6. The van der Waals surface area contributed by atoms with Crippen LogP contribution in [0, 0.1) is 0 Å². The summed E-state index contributed by atoms with van der Waals surface area (Å²) >= 11 is 0. The third-order valence-corrected chi connectivity index (χ3v) is 9.80. The van der Waals surface area contributed by atoms with Gasteiger partial charge in [0.25, 0.3) is 5.56 Å². The van der Waals surface area contributed by atoms with Crippen LogP contribution in [0.15, 0.2) is 94.8 Å². The number of aromatic amines is 1. The normalized spacial score (nSPS) is 22.2. The highest BCUT2D eigenvalue weighted by Crippen LogP contribution is 2.45. The van der Waals surface area contributed by atoms with E-state index in [2.05, 4.69) is 84.2 Å². The molecule has 53 heavy (non-hydrogen) atoms. The lowest BCUT2D eigenvalue weighted by molar-refractivity contribution is -0.121. The van der Waals surface area contributed by atoms with E-state index < -0.39 is 49.7 Å². The quantitative estimate of drug-likeness (QED) is 0.0709. The molecule has 1 aliphatic heterocycles. The Morgan fingerprint density at radius 3 is 2.09 bits per heavy atom. The van der Waals surface area contributed by atoms with Crippen molar-refractivity contribution in [2.24, 2.45) is 0 Å². The highest BCUT2D eigenvalue weighted by atomic mass is 31.2. The summed E-state index contributed by atoms with van der Waals surface area (Å²) in [5, 5.41) is 16.1. The number of aliphatic hydroxyl groups excluding tert-OH is 1. The smallest absolute Gasteiger partial charge is 0.387 e. The van der Waals surface area contributed by atoms with Gasteiger partial charge in [-0.05, 0) is 58.9 Å². The van der Waals surface area contributed by atoms with E-state index in [-0.39, 0.29) is 12.5 Å². The average molecular weight is 764 g/mol. The van der Waals surface area contributed by atoms with Crippen molar-refractivity contribution >= 4 is 13.7 Å². The third-order valence-electron chi connectivity index (χ3n) is 8.22. The molecule has 15 heteroatoms. The number of carbonyl (C=O) groups is 1. The summed E-state index contributed by atoms with van der Waals surface area (Å²) in [5.74, 6) is -0.0401. The first kappa shape index (κ1) is 45.7. The van der Waals surface area contributed by atoms with E-state index >= 15 is 4.39 Å². The summed E-state index contributed by atoms with van der Waals surface area (Å²) < 4.78 is 45.3. The van der Waals surface area contributed by atoms with E-state index in [9.17, 15) is 24.1 Å². The van der Waals surface area contributed by atoms with Crippen LogP contribution in [0.25, 0.3) is 0 Å². The first-order valence-corrected chi connectivity index (χ1v) is 19.7. The maximum absolute atomic E-state index is 15.4. The first-order valence-electron chi connectivity index (χ1n) is 18.2. The molecule has 2 heterocycles. The molecule has 0 bridgehead atoms. The molecule has 0 aliphatic carbocycles. The minimum absolute atomic E-state index is 0.0401. The topological polar surface area (TPSA) is 164 Å². The first-order chi connectivity index (χ1) is 25.4. The summed E-state index contributed by atoms with van der Waals surface area (Å²) in [6.07, 6.45) is 29.0. The van der Waals surface area contributed by atoms with Gasteiger partial charge in [-0.25, -0.2) is 18.8 Å². The van der Waals surface area contributed by atoms with Crippen LogP contribution in [0.1, 0.15) is 71.4 Å². The number of allylic oxidation sites excluding steroid dienone is 12. The molecule has 4 N–H and O–H groups in total. The van der Waals surface area contributed by atoms with Crippen molar-refractivity contribution in [3.8, 4) is 0 Å². The lowest BCUT2D eigenvalue weighted by Gasteiger charge is -2.24. The Morgan fingerprint density at radius 1 is 1.00 bits per heavy atom. The van der Waals surface area contributed by atoms with Gasteiger partial charge >= 0.3 is 13.4 Å². The number of aromatic nitrogens is 2. The molecule has 2 rings (SSSR count). The summed E-state index contributed by atoms with van der Waals surface area (Å²) in [6, 6.07) is 1.03. The third kappa shape index (κ3) is 17.9. The Bertz CT molecular complexity index is 1570. The molecule has 0 radical (unpaired) electrons. The van der Waals surface area contributed by atoms with Crippen LogP contribution in [-0.4, -0.2) is 90.3 Å². The number of nitrogens with one attached hydrogen (secondary N) is 3. The van der Waals surface area contributed by atoms with Crippen LogP contribution in [0.5, 0.6) is 0 Å². The molecule has 1 aromatic rings. The molecule has 1 amide bonds. The predicted octanol–water partition coefficient (Wildman–Crippen LogP) is 5.41. The van der Waals surface area contributed by atoms with Crippen LogP contribution in [0.3, 0.4) is 0 Å². The van der Waals surface area contributed by atoms with Gasteiger partial charge in [0.1, 0.15) is 12.2 Å². The number of hydrogen-bond acceptors (Lipinski definition) is 9. The van der Waals surface area contributed by atoms with E-state index in [0.29, 0.717) is 32.5 Å². The van der Waals surface area contributed by atoms with Gasteiger partial charge in [-0.2, -0.15) is 0 Å². The zero-order valence-electron chi connectivity index (χ0n) is 31.5. The maximum Gasteiger partial charge on any atom is 0.405 e. The number of alkyl halides is 1. The monoisotopic (exact) mass is 763 g/mol. The number of hydrogen-bond donors (Lipinski definition) is 4. The number of ether oxygens (including phenoxy) is 1. The lowest BCUT2D eigenvalue weighted by Crippen LogP contribution is -2.43. The van der Waals surface area contributed by atoms with Crippen LogP contribution in [0.4, 0.5) is 4.39 Å². The number of amides is 1. The van der Waals surface area contributed by atoms with Crippen molar-refractivity contribution in [3.05, 3.63) is 106 Å². The van der Waals surface area contributed by atoms with E-state index in [1.165, 1.54) is 7.11 Å². The Balaban J connectivity index is 1.56. The zero-order valence-corrected chi connectivity index (χ0v) is 32.4. The molecule has 13 nitrogen and oxygen atoms in total. The van der Waals surface area contributed by atoms with Crippen molar-refractivity contribution < 1.29 is 32.6 Å². The zero-order chi connectivity index (χ0) is 39.0. The molecule has 5 atom stereocenters. The van der Waals surface area contributed by atoms with Crippen molar-refractivity contribution in [2.75, 3.05) is 46.9 Å². The van der Waals surface area contributed by atoms with Crippen LogP contribution in [0.2, 0.25) is 0 Å². The van der Waals surface area contributed by atoms with E-state index in [1.807, 2.05) is 23.0 Å². The highest BCUT2D eigenvalue weighted by molar-refractivity contribution is 7.51. The molecular weight excluding hydrogens is 704 g/mol. The molecule has 1 fully saturated rings. The SMILES string of the molecule is CC/C=C\C/C=C\C/C=C\C/C=C\C/C=C\C/C=C\CCC(=O)NCCN(C)CCNP(=O)(OC)OC[C@H]1O[C@@H](n2ccc(=O)[nH]c2=O)[C@](C)(F)[C@@H]1O. The van der Waals surface area contributed by atoms with E-state index in [1.54, 1.807) is 0 Å². The number of nitrogens with zero attached hydrogens (tertiary/aromatic N) is 2. The molecule has 0 saturated carbocycles. The summed E-state index contributed by atoms with van der Waals surface area (Å²) in [7, 11) is -0.838. The Morgan fingerprint density at radius 2 is 1.55 bits per heavy atom. The van der Waals surface area contributed by atoms with Gasteiger partial charge in [0.05, 0.1) is 6.61 Å². The molecular formula is C38H59FN5O8P. The summed E-state index contributed by atoms with van der Waals surface area (Å²) in [4.78, 5) is 39.7. The van der Waals surface area contributed by atoms with Gasteiger partial charge in [0.15, 0.2) is 11.9 Å². The van der Waals surface area contributed by atoms with Gasteiger partial charge in [-0.15, -0.1) is 0 Å². The minimum atomic E-state index is -3.86. The van der Waals surface area contributed by atoms with Gasteiger partial charge in [-0.1, -0.05) is 79.8 Å². The fourth-order valence-electron chi connectivity index (χ4n) is 5.12. The second-order valence-corrected chi connectivity index (χ2v) is 14.6. The number of likely N-dealkylation sites (N-methyl/N-ethyl adjacent to an activating group) is 1. The Kier molecular flexibility index (Phi) is 22.0. The van der Waals surface area contributed by atoms with Gasteiger partial charge < -0.3 is 24.6 Å². The molecule has 1 aromatic heterocycles. The molecule has 1 unspecified atom stereocenters. The van der Waals surface area contributed by atoms with Crippen LogP contribution >= 0.6 is 7.75 Å². The Labute approximate surface area is 313 Å². The molecule has 0 aromatic carbocycles. The van der Waals surface area contributed by atoms with E-state index in [0.717, 1.165) is 62.3 Å². The standard InChI is InChI=1S/C38H59FN5O8P/c1-5-6-7-8-9-10-11-12-13-14-15-16-17-18-19-20-21-22-23-24-33(45)40-26-29-43(3)30-27-41-53(49,50-4)51-31-32-35(47)38(2,39)36(52-32)44-28-25-34(46)42-37(44)48/h6-7,9-10,12-13,15-16,18-19,21-22,25,28,32,35-36,47H,5,8,11,14,17,20,23-24,26-27,29-31H2,1-4H3,(H,40,45)(H,41,49)(H,42,46,48)/b7-6-,10-9-,13-12-,16-15-,19-18-,22-21-/t32-,35-,36-,38-,53?/m1/s1. The fraction of sp³-hybridized carbons (Fsp3) is 0.553. The minimum Gasteiger partial charge on any atom is -0.387 e. The van der Waals surface area contributed by atoms with Crippen molar-refractivity contribution in [2.45, 2.75) is 89.3 Å². The number of halogens is 1. The van der Waals surface area contributed by atoms with Crippen molar-refractivity contribution in [3.63, 3.8) is 0 Å². The number of rotatable bonds is 26. The maximum atomic E-state index is 15.4. The average Bonchev–Trinajstić information content (AvgIpc) is 3.35. The highest BCUT2D eigenvalue weighted by Gasteiger charge is 2.55. The largest absolute Gasteiger partial charge is 0.405 e. The number of aliphatic hydroxyl groups is 1.